The van der Waals surface area contributed by atoms with E-state index in [9.17, 15) is 9.46 Å². The molecule has 1 aliphatic heterocycles. The minimum Gasteiger partial charge on any atom is -0.497 e. The Labute approximate surface area is 204 Å². The van der Waals surface area contributed by atoms with Crippen molar-refractivity contribution in [3.8, 4) is 11.5 Å². The zero-order valence-corrected chi connectivity index (χ0v) is 21.9. The summed E-state index contributed by atoms with van der Waals surface area (Å²) in [5.74, 6) is 2.84. The molecule has 2 aliphatic rings. The van der Waals surface area contributed by atoms with E-state index in [1.54, 1.807) is 7.11 Å². The number of hydrogen-bond donors (Lipinski definition) is 1. The highest BCUT2D eigenvalue weighted by Gasteiger charge is 2.40. The molecule has 186 valence electrons. The molecule has 1 N–H and O–H groups in total. The van der Waals surface area contributed by atoms with Gasteiger partial charge in [0.05, 0.1) is 25.4 Å². The molecule has 0 aromatic heterocycles. The third-order valence-corrected chi connectivity index (χ3v) is 8.32. The Kier molecular flexibility index (Phi) is 7.76. The van der Waals surface area contributed by atoms with Gasteiger partial charge in [-0.2, -0.15) is 0 Å². The van der Waals surface area contributed by atoms with Gasteiger partial charge in [-0.05, 0) is 98.7 Å². The van der Waals surface area contributed by atoms with Crippen molar-refractivity contribution < 1.29 is 23.7 Å². The topological polar surface area (TPSA) is 65.0 Å². The summed E-state index contributed by atoms with van der Waals surface area (Å²) in [7, 11) is -1.26. The van der Waals surface area contributed by atoms with Crippen LogP contribution in [0.2, 0.25) is 0 Å². The van der Waals surface area contributed by atoms with Crippen LogP contribution in [0.25, 0.3) is 0 Å². The van der Waals surface area contributed by atoms with Gasteiger partial charge in [0.1, 0.15) is 11.5 Å². The fourth-order valence-corrected chi connectivity index (χ4v) is 5.98. The minimum atomic E-state index is -2.99. The second-order valence-electron chi connectivity index (χ2n) is 10.8. The van der Waals surface area contributed by atoms with Gasteiger partial charge in [0, 0.05) is 19.2 Å². The van der Waals surface area contributed by atoms with Gasteiger partial charge < -0.3 is 19.1 Å². The van der Waals surface area contributed by atoms with Crippen molar-refractivity contribution in [1.29, 1.82) is 0 Å². The molecule has 0 bridgehead atoms. The third kappa shape index (κ3) is 6.65. The van der Waals surface area contributed by atoms with Crippen molar-refractivity contribution in [2.75, 3.05) is 26.5 Å². The molecule has 2 unspecified atom stereocenters. The van der Waals surface area contributed by atoms with Gasteiger partial charge >= 0.3 is 0 Å². The van der Waals surface area contributed by atoms with Crippen LogP contribution >= 0.6 is 7.37 Å². The predicted octanol–water partition coefficient (Wildman–Crippen LogP) is 6.73. The zero-order chi connectivity index (χ0) is 24.3. The Hall–Kier alpha value is -1.81. The van der Waals surface area contributed by atoms with Gasteiger partial charge in [-0.3, -0.25) is 4.57 Å². The van der Waals surface area contributed by atoms with E-state index in [0.29, 0.717) is 31.0 Å². The molecule has 6 heteroatoms. The molecule has 0 spiro atoms. The Morgan fingerprint density at radius 1 is 1.06 bits per heavy atom. The summed E-state index contributed by atoms with van der Waals surface area (Å²) in [6.45, 7) is 6.44. The van der Waals surface area contributed by atoms with Crippen molar-refractivity contribution in [2.45, 2.75) is 70.0 Å². The summed E-state index contributed by atoms with van der Waals surface area (Å²) in [4.78, 5) is 9.55. The first-order valence-corrected chi connectivity index (χ1v) is 14.8. The van der Waals surface area contributed by atoms with E-state index in [-0.39, 0.29) is 11.7 Å². The van der Waals surface area contributed by atoms with Gasteiger partial charge in [-0.15, -0.1) is 0 Å². The largest absolute Gasteiger partial charge is 0.497 e. The molecule has 0 radical (unpaired) electrons. The molecular weight excluding hydrogens is 447 g/mol. The average Bonchev–Trinajstić information content (AvgIpc) is 2.79. The van der Waals surface area contributed by atoms with E-state index in [4.69, 9.17) is 14.2 Å². The zero-order valence-electron chi connectivity index (χ0n) is 21.0. The van der Waals surface area contributed by atoms with Crippen LogP contribution in [0.1, 0.15) is 74.7 Å². The lowest BCUT2D eigenvalue weighted by Gasteiger charge is -2.44. The number of hydrogen-bond acceptors (Lipinski definition) is 4. The summed E-state index contributed by atoms with van der Waals surface area (Å²) >= 11 is 0. The normalized spacial score (nSPS) is 25.7. The smallest absolute Gasteiger partial charge is 0.197 e. The van der Waals surface area contributed by atoms with E-state index in [1.807, 2.05) is 24.3 Å². The molecule has 1 saturated heterocycles. The van der Waals surface area contributed by atoms with Crippen LogP contribution in [0.5, 0.6) is 11.5 Å². The lowest BCUT2D eigenvalue weighted by atomic mass is 9.75. The van der Waals surface area contributed by atoms with Gasteiger partial charge in [0.2, 0.25) is 0 Å². The summed E-state index contributed by atoms with van der Waals surface area (Å²) in [6.07, 6.45) is 6.72. The number of aryl methyl sites for hydroxylation is 1. The molecule has 5 nitrogen and oxygen atoms in total. The average molecular weight is 487 g/mol. The maximum atomic E-state index is 11.6. The molecule has 1 aliphatic carbocycles. The third-order valence-electron chi connectivity index (χ3n) is 7.27. The number of methoxy groups -OCH3 is 1. The molecule has 4 rings (SSSR count). The van der Waals surface area contributed by atoms with Gasteiger partial charge in [-0.1, -0.05) is 18.2 Å². The fourth-order valence-electron chi connectivity index (χ4n) is 5.30. The Morgan fingerprint density at radius 3 is 2.44 bits per heavy atom. The predicted molar refractivity (Wildman–Crippen MR) is 136 cm³/mol. The summed E-state index contributed by atoms with van der Waals surface area (Å²) in [5, 5.41) is 0. The summed E-state index contributed by atoms with van der Waals surface area (Å²) in [5.41, 5.74) is 3.74. The number of ether oxygens (including phenoxy) is 3. The van der Waals surface area contributed by atoms with Crippen LogP contribution in [0.4, 0.5) is 0 Å². The van der Waals surface area contributed by atoms with E-state index in [0.717, 1.165) is 49.2 Å². The van der Waals surface area contributed by atoms with Crippen molar-refractivity contribution >= 4 is 7.37 Å². The van der Waals surface area contributed by atoms with E-state index in [1.165, 1.54) is 17.8 Å². The quantitative estimate of drug-likeness (QED) is 0.398. The highest BCUT2D eigenvalue weighted by Crippen LogP contribution is 2.47. The fraction of sp³-hybridized carbons (Fsp3) is 0.571. The Balaban J connectivity index is 1.32. The Morgan fingerprint density at radius 2 is 1.79 bits per heavy atom. The number of benzene rings is 2. The molecule has 34 heavy (non-hydrogen) atoms. The molecule has 1 heterocycles. The first-order valence-electron chi connectivity index (χ1n) is 12.5. The van der Waals surface area contributed by atoms with E-state index in [2.05, 4.69) is 32.0 Å². The van der Waals surface area contributed by atoms with Gasteiger partial charge in [0.15, 0.2) is 7.37 Å². The van der Waals surface area contributed by atoms with Crippen molar-refractivity contribution in [3.05, 3.63) is 59.2 Å². The standard InChI is InChI=1S/C28H39O5P/c1-28(2)18-27(33-28)25-13-12-23(31-3)17-26(25)22-10-8-21(9-11-22)19-32-24-7-5-6-20(16-24)14-15-34(4,29)30/h5-7,12-13,16-17,21-22,27H,8-11,14-15,18-19H2,1-4H3,(H,29,30). The maximum Gasteiger partial charge on any atom is 0.197 e. The number of rotatable bonds is 9. The highest BCUT2D eigenvalue weighted by molar-refractivity contribution is 7.57. The first kappa shape index (κ1) is 25.3. The lowest BCUT2D eigenvalue weighted by molar-refractivity contribution is -0.188. The summed E-state index contributed by atoms with van der Waals surface area (Å²) in [6, 6.07) is 14.4. The highest BCUT2D eigenvalue weighted by atomic mass is 31.2. The van der Waals surface area contributed by atoms with Crippen LogP contribution in [-0.2, 0) is 15.7 Å². The SMILES string of the molecule is COc1ccc(C2CC(C)(C)O2)c(C2CCC(COc3cccc(CCP(C)(=O)O)c3)CC2)c1. The van der Waals surface area contributed by atoms with Crippen molar-refractivity contribution in [2.24, 2.45) is 5.92 Å². The van der Waals surface area contributed by atoms with Gasteiger partial charge in [0.25, 0.3) is 0 Å². The monoisotopic (exact) mass is 486 g/mol. The van der Waals surface area contributed by atoms with Crippen LogP contribution in [-0.4, -0.2) is 37.0 Å². The second-order valence-corrected chi connectivity index (χ2v) is 13.3. The first-order chi connectivity index (χ1) is 16.1. The molecule has 1 saturated carbocycles. The van der Waals surface area contributed by atoms with Crippen molar-refractivity contribution in [3.63, 3.8) is 0 Å². The molecular formula is C28H39O5P. The van der Waals surface area contributed by atoms with E-state index >= 15 is 0 Å². The van der Waals surface area contributed by atoms with Crippen LogP contribution < -0.4 is 9.47 Å². The molecule has 0 amide bonds. The van der Waals surface area contributed by atoms with E-state index < -0.39 is 7.37 Å². The van der Waals surface area contributed by atoms with Crippen LogP contribution in [0.15, 0.2) is 42.5 Å². The molecule has 2 atom stereocenters. The Bertz CT molecular complexity index is 1010. The second kappa shape index (κ2) is 10.4. The van der Waals surface area contributed by atoms with Crippen LogP contribution in [0, 0.1) is 5.92 Å². The van der Waals surface area contributed by atoms with Crippen LogP contribution in [0.3, 0.4) is 0 Å². The molecule has 2 aromatic rings. The lowest BCUT2D eigenvalue weighted by Crippen LogP contribution is -2.40. The summed E-state index contributed by atoms with van der Waals surface area (Å²) < 4.78 is 29.4. The maximum absolute atomic E-state index is 11.6. The van der Waals surface area contributed by atoms with Gasteiger partial charge in [-0.25, -0.2) is 0 Å². The molecule has 2 fully saturated rings. The molecule has 2 aromatic carbocycles. The minimum absolute atomic E-state index is 0.0253. The van der Waals surface area contributed by atoms with Crippen molar-refractivity contribution in [1.82, 2.24) is 0 Å².